The molecule has 0 amide bonds. The third kappa shape index (κ3) is 3.89. The average Bonchev–Trinajstić information content (AvgIpc) is 3.05. The Morgan fingerprint density at radius 3 is 2.62 bits per heavy atom. The maximum atomic E-state index is 12.4. The molecule has 0 spiro atoms. The van der Waals surface area contributed by atoms with Crippen molar-refractivity contribution in [2.24, 2.45) is 0 Å². The molecule has 0 aliphatic carbocycles. The summed E-state index contributed by atoms with van der Waals surface area (Å²) in [6.45, 7) is 5.20. The number of benzene rings is 1. The first-order chi connectivity index (χ1) is 12.6. The fourth-order valence-corrected chi connectivity index (χ4v) is 3.26. The van der Waals surface area contributed by atoms with E-state index < -0.39 is 11.8 Å². The summed E-state index contributed by atoms with van der Waals surface area (Å²) in [4.78, 5) is 26.5. The van der Waals surface area contributed by atoms with Gasteiger partial charge in [0.05, 0.1) is 33.0 Å². The highest BCUT2D eigenvalue weighted by Crippen LogP contribution is 2.27. The minimum Gasteiger partial charge on any atom is -0.497 e. The molecule has 1 aliphatic rings. The molecule has 7 nitrogen and oxygen atoms in total. The molecule has 1 aliphatic heterocycles. The fraction of sp³-hybridized carbons (Fsp3) is 0.474. The van der Waals surface area contributed by atoms with Crippen molar-refractivity contribution in [3.05, 3.63) is 30.0 Å². The predicted octanol–water partition coefficient (Wildman–Crippen LogP) is 1.73. The molecule has 0 unspecified atom stereocenters. The van der Waals surface area contributed by atoms with E-state index in [1.165, 1.54) is 7.11 Å². The highest BCUT2D eigenvalue weighted by atomic mass is 16.5. The molecule has 1 aromatic carbocycles. The van der Waals surface area contributed by atoms with Crippen LogP contribution in [0.25, 0.3) is 10.9 Å². The van der Waals surface area contributed by atoms with Crippen LogP contribution < -0.4 is 4.74 Å². The van der Waals surface area contributed by atoms with Gasteiger partial charge in [0.2, 0.25) is 0 Å². The number of methoxy groups -OCH3 is 2. The summed E-state index contributed by atoms with van der Waals surface area (Å²) < 4.78 is 17.2. The third-order valence-corrected chi connectivity index (χ3v) is 4.68. The molecular weight excluding hydrogens is 336 g/mol. The van der Waals surface area contributed by atoms with Crippen LogP contribution in [0.15, 0.2) is 24.4 Å². The molecule has 26 heavy (non-hydrogen) atoms. The van der Waals surface area contributed by atoms with Crippen molar-refractivity contribution in [2.45, 2.75) is 13.0 Å². The number of rotatable bonds is 7. The molecule has 0 saturated carbocycles. The van der Waals surface area contributed by atoms with Crippen LogP contribution >= 0.6 is 0 Å². The topological polar surface area (TPSA) is 70.0 Å². The van der Waals surface area contributed by atoms with Gasteiger partial charge in [0.15, 0.2) is 0 Å². The quantitative estimate of drug-likeness (QED) is 0.425. The largest absolute Gasteiger partial charge is 0.497 e. The summed E-state index contributed by atoms with van der Waals surface area (Å²) in [7, 11) is 2.78. The second-order valence-corrected chi connectivity index (χ2v) is 6.25. The standard InChI is InChI=1S/C19H24N2O5/c1-24-14-4-5-17-15(12-14)16(18(22)19(23)25-2)13-21(17)7-3-6-20-8-10-26-11-9-20/h4-5,12-13H,3,6-11H2,1-2H3. The lowest BCUT2D eigenvalue weighted by Crippen LogP contribution is -2.37. The van der Waals surface area contributed by atoms with Gasteiger partial charge in [0.25, 0.3) is 5.78 Å². The second-order valence-electron chi connectivity index (χ2n) is 6.25. The van der Waals surface area contributed by atoms with Crippen molar-refractivity contribution < 1.29 is 23.8 Å². The Kier molecular flexibility index (Phi) is 5.90. The average molecular weight is 360 g/mol. The van der Waals surface area contributed by atoms with Gasteiger partial charge in [-0.25, -0.2) is 4.79 Å². The first kappa shape index (κ1) is 18.4. The molecule has 1 fully saturated rings. The molecule has 2 aromatic rings. The number of aromatic nitrogens is 1. The Labute approximate surface area is 152 Å². The van der Waals surface area contributed by atoms with Gasteiger partial charge < -0.3 is 18.8 Å². The van der Waals surface area contributed by atoms with Crippen LogP contribution in [-0.4, -0.2) is 68.3 Å². The number of esters is 1. The summed E-state index contributed by atoms with van der Waals surface area (Å²) in [6, 6.07) is 5.55. The summed E-state index contributed by atoms with van der Waals surface area (Å²) in [5.74, 6) is -0.861. The van der Waals surface area contributed by atoms with Crippen molar-refractivity contribution in [2.75, 3.05) is 47.1 Å². The van der Waals surface area contributed by atoms with Gasteiger partial charge >= 0.3 is 5.97 Å². The number of fused-ring (bicyclic) bond motifs is 1. The third-order valence-electron chi connectivity index (χ3n) is 4.68. The zero-order chi connectivity index (χ0) is 18.5. The lowest BCUT2D eigenvalue weighted by Gasteiger charge is -2.26. The van der Waals surface area contributed by atoms with Crippen LogP contribution in [0.2, 0.25) is 0 Å². The number of ketones is 1. The van der Waals surface area contributed by atoms with Crippen LogP contribution in [0.4, 0.5) is 0 Å². The first-order valence-electron chi connectivity index (χ1n) is 8.73. The molecule has 0 radical (unpaired) electrons. The van der Waals surface area contributed by atoms with Crippen molar-refractivity contribution in [1.82, 2.24) is 9.47 Å². The van der Waals surface area contributed by atoms with E-state index in [-0.39, 0.29) is 0 Å². The Morgan fingerprint density at radius 1 is 1.15 bits per heavy atom. The van der Waals surface area contributed by atoms with Gasteiger partial charge in [-0.2, -0.15) is 0 Å². The Bertz CT molecular complexity index is 793. The number of nitrogens with zero attached hydrogens (tertiary/aromatic N) is 2. The van der Waals surface area contributed by atoms with Crippen molar-refractivity contribution in [3.63, 3.8) is 0 Å². The number of Topliss-reactive ketones (excluding diaryl/α,β-unsaturated/α-hetero) is 1. The summed E-state index contributed by atoms with van der Waals surface area (Å²) in [6.07, 6.45) is 2.68. The van der Waals surface area contributed by atoms with Gasteiger partial charge in [-0.05, 0) is 24.6 Å². The number of ether oxygens (including phenoxy) is 3. The highest BCUT2D eigenvalue weighted by molar-refractivity contribution is 6.43. The van der Waals surface area contributed by atoms with Crippen LogP contribution in [-0.2, 0) is 20.8 Å². The Hall–Kier alpha value is -2.38. The highest BCUT2D eigenvalue weighted by Gasteiger charge is 2.22. The monoisotopic (exact) mass is 360 g/mol. The lowest BCUT2D eigenvalue weighted by molar-refractivity contribution is -0.135. The number of hydrogen-bond donors (Lipinski definition) is 0. The van der Waals surface area contributed by atoms with Gasteiger partial charge in [-0.1, -0.05) is 0 Å². The molecule has 1 saturated heterocycles. The molecular formula is C19H24N2O5. The molecule has 0 bridgehead atoms. The van der Waals surface area contributed by atoms with E-state index >= 15 is 0 Å². The van der Waals surface area contributed by atoms with E-state index in [9.17, 15) is 9.59 Å². The number of hydrogen-bond acceptors (Lipinski definition) is 6. The molecule has 0 atom stereocenters. The molecule has 140 valence electrons. The zero-order valence-electron chi connectivity index (χ0n) is 15.2. The van der Waals surface area contributed by atoms with Crippen LogP contribution in [0, 0.1) is 0 Å². The minimum atomic E-state index is -0.861. The molecule has 3 rings (SSSR count). The van der Waals surface area contributed by atoms with E-state index in [2.05, 4.69) is 9.64 Å². The van der Waals surface area contributed by atoms with Crippen LogP contribution in [0.1, 0.15) is 16.8 Å². The van der Waals surface area contributed by atoms with Crippen molar-refractivity contribution in [1.29, 1.82) is 0 Å². The molecule has 2 heterocycles. The Morgan fingerprint density at radius 2 is 1.92 bits per heavy atom. The SMILES string of the molecule is COC(=O)C(=O)c1cn(CCCN2CCOCC2)c2ccc(OC)cc12. The summed E-state index contributed by atoms with van der Waals surface area (Å²) in [5, 5.41) is 0.700. The molecule has 7 heteroatoms. The van der Waals surface area contributed by atoms with E-state index in [1.807, 2.05) is 16.7 Å². The smallest absolute Gasteiger partial charge is 0.379 e. The van der Waals surface area contributed by atoms with Crippen molar-refractivity contribution in [3.8, 4) is 5.75 Å². The normalized spacial score (nSPS) is 15.2. The maximum absolute atomic E-state index is 12.4. The molecule has 0 N–H and O–H groups in total. The lowest BCUT2D eigenvalue weighted by atomic mass is 10.1. The second kappa shape index (κ2) is 8.33. The number of carbonyl (C=O) groups excluding carboxylic acids is 2. The van der Waals surface area contributed by atoms with Crippen LogP contribution in [0.3, 0.4) is 0 Å². The number of aryl methyl sites for hydroxylation is 1. The summed E-state index contributed by atoms with van der Waals surface area (Å²) in [5.41, 5.74) is 1.25. The van der Waals surface area contributed by atoms with Gasteiger partial charge in [0.1, 0.15) is 5.75 Å². The minimum absolute atomic E-state index is 0.345. The maximum Gasteiger partial charge on any atom is 0.379 e. The predicted molar refractivity (Wildman–Crippen MR) is 96.7 cm³/mol. The number of carbonyl (C=O) groups is 2. The zero-order valence-corrected chi connectivity index (χ0v) is 15.2. The number of morpholine rings is 1. The molecule has 1 aromatic heterocycles. The van der Waals surface area contributed by atoms with E-state index in [1.54, 1.807) is 19.4 Å². The van der Waals surface area contributed by atoms with Crippen molar-refractivity contribution >= 4 is 22.7 Å². The fourth-order valence-electron chi connectivity index (χ4n) is 3.26. The van der Waals surface area contributed by atoms with Crippen LogP contribution in [0.5, 0.6) is 5.75 Å². The Balaban J connectivity index is 1.82. The summed E-state index contributed by atoms with van der Waals surface area (Å²) >= 11 is 0. The van der Waals surface area contributed by atoms with Gasteiger partial charge in [-0.3, -0.25) is 9.69 Å². The van der Waals surface area contributed by atoms with Gasteiger partial charge in [-0.15, -0.1) is 0 Å². The van der Waals surface area contributed by atoms with Gasteiger partial charge in [0, 0.05) is 43.3 Å². The van der Waals surface area contributed by atoms with E-state index in [4.69, 9.17) is 9.47 Å². The first-order valence-corrected chi connectivity index (χ1v) is 8.73. The van der Waals surface area contributed by atoms with E-state index in [0.717, 1.165) is 51.3 Å². The van der Waals surface area contributed by atoms with E-state index in [0.29, 0.717) is 16.7 Å².